The monoisotopic (exact) mass is 324 g/mol. The second-order valence-electron chi connectivity index (χ2n) is 5.04. The highest BCUT2D eigenvalue weighted by Crippen LogP contribution is 2.10. The maximum Gasteiger partial charge on any atom is 0.267 e. The second-order valence-corrected chi connectivity index (χ2v) is 5.04. The highest BCUT2D eigenvalue weighted by molar-refractivity contribution is 6.06. The van der Waals surface area contributed by atoms with Crippen LogP contribution in [0.5, 0.6) is 0 Å². The van der Waals surface area contributed by atoms with E-state index in [0.717, 1.165) is 11.1 Å². The third-order valence-corrected chi connectivity index (χ3v) is 3.25. The van der Waals surface area contributed by atoms with Gasteiger partial charge >= 0.3 is 0 Å². The van der Waals surface area contributed by atoms with Crippen molar-refractivity contribution in [3.8, 4) is 6.07 Å². The second kappa shape index (κ2) is 8.46. The van der Waals surface area contributed by atoms with Crippen molar-refractivity contribution >= 4 is 11.6 Å². The Morgan fingerprint density at radius 3 is 2.58 bits per heavy atom. The number of nitrogens with two attached hydrogens (primary N) is 1. The van der Waals surface area contributed by atoms with Crippen molar-refractivity contribution in [3.63, 3.8) is 0 Å². The minimum Gasteiger partial charge on any atom is -0.386 e. The number of nitrogens with zero attached hydrogens (tertiary/aromatic N) is 1. The zero-order chi connectivity index (χ0) is 17.4. The first-order valence-electron chi connectivity index (χ1n) is 7.31. The fraction of sp³-hybridized carbons (Fsp3) is 0.111. The van der Waals surface area contributed by atoms with E-state index in [1.165, 1.54) is 30.5 Å². The molecule has 6 heteroatoms. The third kappa shape index (κ3) is 4.93. The van der Waals surface area contributed by atoms with Gasteiger partial charge < -0.3 is 16.4 Å². The molecular formula is C18H17FN4O. The lowest BCUT2D eigenvalue weighted by Gasteiger charge is -2.06. The Bertz CT molecular complexity index is 778. The molecule has 122 valence electrons. The fourth-order valence-corrected chi connectivity index (χ4v) is 2.02. The number of amides is 1. The highest BCUT2D eigenvalue weighted by atomic mass is 19.1. The van der Waals surface area contributed by atoms with E-state index in [1.807, 2.05) is 30.3 Å². The lowest BCUT2D eigenvalue weighted by molar-refractivity contribution is -0.112. The number of halogens is 1. The van der Waals surface area contributed by atoms with Crippen LogP contribution in [0.2, 0.25) is 0 Å². The summed E-state index contributed by atoms with van der Waals surface area (Å²) in [6.45, 7) is 0.913. The molecule has 0 fully saturated rings. The summed E-state index contributed by atoms with van der Waals surface area (Å²) in [5.41, 5.74) is 7.93. The summed E-state index contributed by atoms with van der Waals surface area (Å²) < 4.78 is 12.8. The number of hydrogen-bond donors (Lipinski definition) is 3. The molecule has 0 unspecified atom stereocenters. The smallest absolute Gasteiger partial charge is 0.267 e. The van der Waals surface area contributed by atoms with Crippen LogP contribution in [-0.4, -0.2) is 5.91 Å². The molecule has 0 aliphatic heterocycles. The van der Waals surface area contributed by atoms with E-state index in [2.05, 4.69) is 10.6 Å². The molecule has 0 spiro atoms. The Kier molecular flexibility index (Phi) is 6.06. The summed E-state index contributed by atoms with van der Waals surface area (Å²) in [7, 11) is 0. The maximum absolute atomic E-state index is 12.8. The van der Waals surface area contributed by atoms with Crippen molar-refractivity contribution in [3.05, 3.63) is 77.2 Å². The van der Waals surface area contributed by atoms with Crippen LogP contribution in [0.15, 0.2) is 60.3 Å². The minimum atomic E-state index is -0.563. The van der Waals surface area contributed by atoms with Gasteiger partial charge in [-0.15, -0.1) is 0 Å². The van der Waals surface area contributed by atoms with E-state index >= 15 is 0 Å². The summed E-state index contributed by atoms with van der Waals surface area (Å²) >= 11 is 0. The van der Waals surface area contributed by atoms with Gasteiger partial charge in [0.1, 0.15) is 17.5 Å². The maximum atomic E-state index is 12.8. The van der Waals surface area contributed by atoms with E-state index in [9.17, 15) is 9.18 Å². The van der Waals surface area contributed by atoms with Crippen LogP contribution in [0.1, 0.15) is 11.1 Å². The normalized spacial score (nSPS) is 10.8. The molecule has 0 aromatic heterocycles. The Labute approximate surface area is 139 Å². The molecule has 0 aliphatic carbocycles. The van der Waals surface area contributed by atoms with Gasteiger partial charge in [0.15, 0.2) is 0 Å². The number of hydrogen-bond acceptors (Lipinski definition) is 4. The molecule has 2 aromatic carbocycles. The number of rotatable bonds is 6. The SMILES string of the molecule is N#C/C(=C/NCc1cccc(CN)c1)C(=O)Nc1ccc(F)cc1. The largest absolute Gasteiger partial charge is 0.386 e. The predicted molar refractivity (Wildman–Crippen MR) is 89.9 cm³/mol. The average Bonchev–Trinajstić information content (AvgIpc) is 2.61. The average molecular weight is 324 g/mol. The number of benzene rings is 2. The van der Waals surface area contributed by atoms with E-state index < -0.39 is 11.7 Å². The van der Waals surface area contributed by atoms with Crippen LogP contribution in [-0.2, 0) is 17.9 Å². The van der Waals surface area contributed by atoms with Crippen LogP contribution in [0, 0.1) is 17.1 Å². The van der Waals surface area contributed by atoms with Crippen LogP contribution in [0.3, 0.4) is 0 Å². The van der Waals surface area contributed by atoms with Crippen molar-refractivity contribution < 1.29 is 9.18 Å². The zero-order valence-corrected chi connectivity index (χ0v) is 12.9. The molecular weight excluding hydrogens is 307 g/mol. The first-order chi connectivity index (χ1) is 11.6. The number of nitriles is 1. The Morgan fingerprint density at radius 1 is 1.21 bits per heavy atom. The van der Waals surface area contributed by atoms with Gasteiger partial charge in [-0.1, -0.05) is 24.3 Å². The molecule has 0 bridgehead atoms. The summed E-state index contributed by atoms with van der Waals surface area (Å²) in [4.78, 5) is 12.0. The first-order valence-corrected chi connectivity index (χ1v) is 7.31. The quantitative estimate of drug-likeness (QED) is 0.562. The Hall–Kier alpha value is -3.17. The molecule has 5 nitrogen and oxygen atoms in total. The molecule has 24 heavy (non-hydrogen) atoms. The van der Waals surface area contributed by atoms with E-state index in [0.29, 0.717) is 18.8 Å². The molecule has 0 heterocycles. The Morgan fingerprint density at radius 2 is 1.92 bits per heavy atom. The topological polar surface area (TPSA) is 90.9 Å². The summed E-state index contributed by atoms with van der Waals surface area (Å²) in [5, 5.41) is 14.6. The molecule has 0 saturated heterocycles. The summed E-state index contributed by atoms with van der Waals surface area (Å²) in [5.74, 6) is -0.960. The molecule has 0 saturated carbocycles. The molecule has 0 atom stereocenters. The Balaban J connectivity index is 1.96. The van der Waals surface area contributed by atoms with E-state index in [1.54, 1.807) is 0 Å². The van der Waals surface area contributed by atoms with Gasteiger partial charge in [-0.05, 0) is 35.4 Å². The van der Waals surface area contributed by atoms with Crippen LogP contribution < -0.4 is 16.4 Å². The van der Waals surface area contributed by atoms with Crippen LogP contribution in [0.25, 0.3) is 0 Å². The van der Waals surface area contributed by atoms with Gasteiger partial charge in [0, 0.05) is 25.0 Å². The van der Waals surface area contributed by atoms with Crippen molar-refractivity contribution in [1.82, 2.24) is 5.32 Å². The highest BCUT2D eigenvalue weighted by Gasteiger charge is 2.09. The molecule has 4 N–H and O–H groups in total. The molecule has 2 rings (SSSR count). The molecule has 0 radical (unpaired) electrons. The van der Waals surface area contributed by atoms with E-state index in [-0.39, 0.29) is 5.57 Å². The predicted octanol–water partition coefficient (Wildman–Crippen LogP) is 2.42. The number of carbonyl (C=O) groups excluding carboxylic acids is 1. The van der Waals surface area contributed by atoms with E-state index in [4.69, 9.17) is 11.0 Å². The standard InChI is InChI=1S/C18H17FN4O/c19-16-4-6-17(7-5-16)23-18(24)15(10-21)12-22-11-14-3-1-2-13(8-14)9-20/h1-8,12,22H,9,11,20H2,(H,23,24)/b15-12-. The summed E-state index contributed by atoms with van der Waals surface area (Å²) in [6.07, 6.45) is 1.36. The van der Waals surface area contributed by atoms with Gasteiger partial charge in [0.2, 0.25) is 0 Å². The first kappa shape index (κ1) is 17.2. The van der Waals surface area contributed by atoms with Crippen molar-refractivity contribution in [2.75, 3.05) is 5.32 Å². The number of nitrogens with one attached hydrogen (secondary N) is 2. The lowest BCUT2D eigenvalue weighted by atomic mass is 10.1. The zero-order valence-electron chi connectivity index (χ0n) is 12.9. The van der Waals surface area contributed by atoms with Crippen LogP contribution in [0.4, 0.5) is 10.1 Å². The molecule has 0 aliphatic rings. The van der Waals surface area contributed by atoms with Gasteiger partial charge in [0.05, 0.1) is 0 Å². The van der Waals surface area contributed by atoms with Gasteiger partial charge in [-0.3, -0.25) is 4.79 Å². The minimum absolute atomic E-state index is 0.0747. The third-order valence-electron chi connectivity index (χ3n) is 3.25. The van der Waals surface area contributed by atoms with Gasteiger partial charge in [-0.2, -0.15) is 5.26 Å². The molecule has 1 amide bonds. The van der Waals surface area contributed by atoms with Crippen molar-refractivity contribution in [2.24, 2.45) is 5.73 Å². The van der Waals surface area contributed by atoms with Gasteiger partial charge in [-0.25, -0.2) is 4.39 Å². The lowest BCUT2D eigenvalue weighted by Crippen LogP contribution is -2.16. The number of anilines is 1. The van der Waals surface area contributed by atoms with Crippen molar-refractivity contribution in [1.29, 1.82) is 5.26 Å². The molecule has 2 aromatic rings. The van der Waals surface area contributed by atoms with Gasteiger partial charge in [0.25, 0.3) is 5.91 Å². The van der Waals surface area contributed by atoms with Crippen LogP contribution >= 0.6 is 0 Å². The summed E-state index contributed by atoms with van der Waals surface area (Å²) in [6, 6.07) is 14.8. The van der Waals surface area contributed by atoms with Crippen molar-refractivity contribution in [2.45, 2.75) is 13.1 Å². The number of carbonyl (C=O) groups is 1. The fourth-order valence-electron chi connectivity index (χ4n) is 2.02.